The molecule has 0 aliphatic carbocycles. The van der Waals surface area contributed by atoms with Crippen LogP contribution in [0.1, 0.15) is 6.42 Å². The first kappa shape index (κ1) is 37.8. The maximum atomic E-state index is 13.7. The predicted molar refractivity (Wildman–Crippen MR) is 88.2 cm³/mol. The van der Waals surface area contributed by atoms with E-state index in [9.17, 15) is 93.3 Å². The summed E-state index contributed by atoms with van der Waals surface area (Å²) in [6, 6.07) is 0. The van der Waals surface area contributed by atoms with Gasteiger partial charge in [0.15, 0.2) is 0 Å². The molecule has 0 heterocycles. The predicted octanol–water partition coefficient (Wildman–Crippen LogP) is 6.13. The van der Waals surface area contributed by atoms with E-state index in [-0.39, 0.29) is 0 Å². The minimum absolute atomic E-state index is 0.547. The Morgan fingerprint density at radius 1 is 0.650 bits per heavy atom. The molecule has 0 spiro atoms. The fourth-order valence-electron chi connectivity index (χ4n) is 2.42. The highest BCUT2D eigenvalue weighted by molar-refractivity contribution is 5.81. The van der Waals surface area contributed by atoms with Crippen LogP contribution in [0.15, 0.2) is 12.7 Å². The molecule has 0 aromatic carbocycles. The number of ether oxygens (including phenoxy) is 2. The molecule has 0 bridgehead atoms. The van der Waals surface area contributed by atoms with Gasteiger partial charge in [-0.3, -0.25) is 0 Å². The van der Waals surface area contributed by atoms with Crippen LogP contribution in [0.25, 0.3) is 0 Å². The number of hydrogen-bond donors (Lipinski definition) is 1. The summed E-state index contributed by atoms with van der Waals surface area (Å²) in [6.45, 7) is -1.32. The standard InChI is InChI=1S/C17H13F19O4/c1-2-8(38)40-6-7(37)5-39-4-3-9(18,19)11(21,22)13(25,26)15(29,30)14(27,28)12(23,24)10(20,16(31,32)33)17(34,35)36/h2,7,37H,1,3-6H2. The van der Waals surface area contributed by atoms with Gasteiger partial charge in [0.2, 0.25) is 0 Å². The van der Waals surface area contributed by atoms with Crippen molar-refractivity contribution in [3.63, 3.8) is 0 Å². The van der Waals surface area contributed by atoms with Crippen molar-refractivity contribution in [3.8, 4) is 0 Å². The van der Waals surface area contributed by atoms with E-state index in [1.807, 2.05) is 0 Å². The molecule has 0 aliphatic heterocycles. The molecule has 4 nitrogen and oxygen atoms in total. The summed E-state index contributed by atoms with van der Waals surface area (Å²) in [5, 5.41) is 9.23. The normalized spacial score (nSPS) is 16.1. The second kappa shape index (κ2) is 11.2. The average molecular weight is 642 g/mol. The van der Waals surface area contributed by atoms with Crippen molar-refractivity contribution in [3.05, 3.63) is 12.7 Å². The molecule has 0 rings (SSSR count). The largest absolute Gasteiger partial charge is 0.460 e. The Kier molecular flexibility index (Phi) is 10.6. The molecule has 0 amide bonds. The SMILES string of the molecule is C=CC(=O)OCC(O)COCCC(F)(F)C(F)(F)C(F)(F)C(F)(F)C(F)(F)C(F)(F)C(F)(C(F)(F)F)C(F)(F)F. The molecular formula is C17H13F19O4. The fourth-order valence-corrected chi connectivity index (χ4v) is 2.42. The molecule has 0 aliphatic rings. The Morgan fingerprint density at radius 3 is 1.40 bits per heavy atom. The second-order valence-corrected chi connectivity index (χ2v) is 7.54. The van der Waals surface area contributed by atoms with Crippen LogP contribution in [0.5, 0.6) is 0 Å². The van der Waals surface area contributed by atoms with Gasteiger partial charge in [0, 0.05) is 12.5 Å². The van der Waals surface area contributed by atoms with Gasteiger partial charge in [0.1, 0.15) is 12.7 Å². The third-order valence-electron chi connectivity index (χ3n) is 4.71. The summed E-state index contributed by atoms with van der Waals surface area (Å²) in [4.78, 5) is 10.7. The Bertz CT molecular complexity index is 878. The van der Waals surface area contributed by atoms with Gasteiger partial charge in [-0.1, -0.05) is 6.58 Å². The summed E-state index contributed by atoms with van der Waals surface area (Å²) >= 11 is 0. The van der Waals surface area contributed by atoms with Gasteiger partial charge in [-0.25, -0.2) is 9.18 Å². The van der Waals surface area contributed by atoms with E-state index in [1.165, 1.54) is 0 Å². The lowest BCUT2D eigenvalue weighted by Crippen LogP contribution is -2.77. The number of rotatable bonds is 14. The molecule has 0 radical (unpaired) electrons. The van der Waals surface area contributed by atoms with Gasteiger partial charge in [-0.15, -0.1) is 0 Å². The van der Waals surface area contributed by atoms with Crippen molar-refractivity contribution in [2.75, 3.05) is 19.8 Å². The van der Waals surface area contributed by atoms with E-state index in [0.717, 1.165) is 0 Å². The van der Waals surface area contributed by atoms with E-state index in [1.54, 1.807) is 0 Å². The van der Waals surface area contributed by atoms with E-state index in [4.69, 9.17) is 0 Å². The summed E-state index contributed by atoms with van der Waals surface area (Å²) in [6.07, 6.45) is -21.0. The summed E-state index contributed by atoms with van der Waals surface area (Å²) in [5.41, 5.74) is -8.79. The number of esters is 1. The zero-order valence-electron chi connectivity index (χ0n) is 18.5. The maximum absolute atomic E-state index is 13.7. The molecule has 23 heteroatoms. The summed E-state index contributed by atoms with van der Waals surface area (Å²) < 4.78 is 260. The lowest BCUT2D eigenvalue weighted by atomic mass is 9.83. The Labute approximate surface area is 208 Å². The highest BCUT2D eigenvalue weighted by Gasteiger charge is 2.98. The molecule has 1 unspecified atom stereocenters. The van der Waals surface area contributed by atoms with Gasteiger partial charge >= 0.3 is 59.5 Å². The molecule has 0 saturated heterocycles. The molecule has 238 valence electrons. The highest BCUT2D eigenvalue weighted by Crippen LogP contribution is 2.66. The molecular weight excluding hydrogens is 629 g/mol. The number of alkyl halides is 19. The molecule has 40 heavy (non-hydrogen) atoms. The van der Waals surface area contributed by atoms with Crippen LogP contribution in [0.2, 0.25) is 0 Å². The average Bonchev–Trinajstić information content (AvgIpc) is 2.77. The number of carbonyl (C=O) groups is 1. The highest BCUT2D eigenvalue weighted by atomic mass is 19.4. The Balaban J connectivity index is 6.22. The second-order valence-electron chi connectivity index (χ2n) is 7.54. The van der Waals surface area contributed by atoms with Gasteiger partial charge in [-0.2, -0.15) is 79.0 Å². The lowest BCUT2D eigenvalue weighted by molar-refractivity contribution is -0.472. The van der Waals surface area contributed by atoms with Crippen molar-refractivity contribution < 1.29 is 103 Å². The number of hydrogen-bond acceptors (Lipinski definition) is 4. The van der Waals surface area contributed by atoms with E-state index in [2.05, 4.69) is 16.1 Å². The van der Waals surface area contributed by atoms with Crippen molar-refractivity contribution >= 4 is 5.97 Å². The maximum Gasteiger partial charge on any atom is 0.438 e. The molecule has 1 atom stereocenters. The number of carbonyl (C=O) groups excluding carboxylic acids is 1. The van der Waals surface area contributed by atoms with Crippen molar-refractivity contribution in [2.24, 2.45) is 0 Å². The quantitative estimate of drug-likeness (QED) is 0.107. The number of halogens is 19. The van der Waals surface area contributed by atoms with Crippen LogP contribution in [0.4, 0.5) is 83.4 Å². The number of aliphatic hydroxyl groups is 1. The van der Waals surface area contributed by atoms with E-state index in [0.29, 0.717) is 6.08 Å². The van der Waals surface area contributed by atoms with Gasteiger partial charge in [-0.05, 0) is 0 Å². The first-order valence-electron chi connectivity index (χ1n) is 9.49. The third-order valence-corrected chi connectivity index (χ3v) is 4.71. The minimum atomic E-state index is -9.08. The first-order valence-corrected chi connectivity index (χ1v) is 9.49. The molecule has 0 fully saturated rings. The summed E-state index contributed by atoms with van der Waals surface area (Å²) in [7, 11) is 0. The zero-order valence-corrected chi connectivity index (χ0v) is 18.5. The smallest absolute Gasteiger partial charge is 0.438 e. The van der Waals surface area contributed by atoms with Crippen LogP contribution < -0.4 is 0 Å². The van der Waals surface area contributed by atoms with Gasteiger partial charge < -0.3 is 14.6 Å². The van der Waals surface area contributed by atoms with Crippen LogP contribution >= 0.6 is 0 Å². The topological polar surface area (TPSA) is 55.8 Å². The minimum Gasteiger partial charge on any atom is -0.460 e. The Hall–Kier alpha value is -2.20. The van der Waals surface area contributed by atoms with E-state index >= 15 is 0 Å². The van der Waals surface area contributed by atoms with Crippen molar-refractivity contribution in [1.29, 1.82) is 0 Å². The van der Waals surface area contributed by atoms with Crippen molar-refractivity contribution in [2.45, 2.75) is 66.1 Å². The first-order chi connectivity index (χ1) is 17.3. The summed E-state index contributed by atoms with van der Waals surface area (Å²) in [5.74, 6) is -51.6. The molecule has 0 saturated carbocycles. The molecule has 1 N–H and O–H groups in total. The number of aliphatic hydroxyl groups excluding tert-OH is 1. The van der Waals surface area contributed by atoms with Crippen LogP contribution in [-0.2, 0) is 14.3 Å². The third kappa shape index (κ3) is 6.03. The fraction of sp³-hybridized carbons (Fsp3) is 0.824. The van der Waals surface area contributed by atoms with E-state index < -0.39 is 91.9 Å². The lowest BCUT2D eigenvalue weighted by Gasteiger charge is -2.45. The van der Waals surface area contributed by atoms with Crippen molar-refractivity contribution in [1.82, 2.24) is 0 Å². The van der Waals surface area contributed by atoms with Gasteiger partial charge in [0.25, 0.3) is 0 Å². The Morgan fingerprint density at radius 2 is 1.02 bits per heavy atom. The zero-order chi connectivity index (χ0) is 32.6. The molecule has 0 aromatic rings. The van der Waals surface area contributed by atoms with Gasteiger partial charge in [0.05, 0.1) is 13.2 Å². The molecule has 0 aromatic heterocycles. The monoisotopic (exact) mass is 642 g/mol. The van der Waals surface area contributed by atoms with Crippen LogP contribution in [0, 0.1) is 0 Å². The van der Waals surface area contributed by atoms with Crippen LogP contribution in [-0.4, -0.2) is 90.6 Å². The van der Waals surface area contributed by atoms with Crippen LogP contribution in [0.3, 0.4) is 0 Å².